The van der Waals surface area contributed by atoms with E-state index in [2.05, 4.69) is 0 Å². The summed E-state index contributed by atoms with van der Waals surface area (Å²) < 4.78 is 5.29. The van der Waals surface area contributed by atoms with Crippen molar-refractivity contribution in [1.82, 2.24) is 4.90 Å². The highest BCUT2D eigenvalue weighted by atomic mass is 16.6. The van der Waals surface area contributed by atoms with Crippen LogP contribution in [0.2, 0.25) is 0 Å². The fourth-order valence-corrected chi connectivity index (χ4v) is 2.46. The summed E-state index contributed by atoms with van der Waals surface area (Å²) in [7, 11) is 0. The van der Waals surface area contributed by atoms with E-state index in [4.69, 9.17) is 4.74 Å². The number of hydrogen-bond donors (Lipinski definition) is 0. The number of nitrogens with zero attached hydrogens (tertiary/aromatic N) is 3. The Kier molecular flexibility index (Phi) is 5.06. The number of benzene rings is 1. The molecule has 0 unspecified atom stereocenters. The van der Waals surface area contributed by atoms with Gasteiger partial charge in [0, 0.05) is 19.2 Å². The highest BCUT2D eigenvalue weighted by Gasteiger charge is 2.31. The lowest BCUT2D eigenvalue weighted by Crippen LogP contribution is -2.42. The molecule has 0 spiro atoms. The number of carbonyl (C=O) groups excluding carboxylic acids is 2. The lowest BCUT2D eigenvalue weighted by atomic mass is 10.2. The molecule has 1 aromatic rings. The fourth-order valence-electron chi connectivity index (χ4n) is 2.46. The predicted octanol–water partition coefficient (Wildman–Crippen LogP) is 2.57. The Labute approximate surface area is 140 Å². The predicted molar refractivity (Wildman–Crippen MR) is 87.9 cm³/mol. The summed E-state index contributed by atoms with van der Waals surface area (Å²) in [5.74, 6) is -0.368. The SMILES string of the molecule is CC(C)(C)OC(=O)N1CCCN(c2ccccc2[N+](=O)[O-])C(=O)C1. The maximum atomic E-state index is 12.5. The Morgan fingerprint density at radius 1 is 1.25 bits per heavy atom. The maximum Gasteiger partial charge on any atom is 0.410 e. The smallest absolute Gasteiger partial charge is 0.410 e. The Balaban J connectivity index is 2.19. The summed E-state index contributed by atoms with van der Waals surface area (Å²) in [6, 6.07) is 6.10. The summed E-state index contributed by atoms with van der Waals surface area (Å²) in [5, 5.41) is 11.2. The molecule has 0 bridgehead atoms. The second-order valence-electron chi connectivity index (χ2n) is 6.55. The van der Waals surface area contributed by atoms with Gasteiger partial charge in [0.25, 0.3) is 5.69 Å². The second-order valence-corrected chi connectivity index (χ2v) is 6.55. The van der Waals surface area contributed by atoms with Gasteiger partial charge in [-0.1, -0.05) is 12.1 Å². The lowest BCUT2D eigenvalue weighted by molar-refractivity contribution is -0.384. The summed E-state index contributed by atoms with van der Waals surface area (Å²) in [4.78, 5) is 38.0. The van der Waals surface area contributed by atoms with Crippen LogP contribution >= 0.6 is 0 Å². The van der Waals surface area contributed by atoms with Crippen LogP contribution in [0.1, 0.15) is 27.2 Å². The number of amides is 2. The number of rotatable bonds is 2. The van der Waals surface area contributed by atoms with Crippen molar-refractivity contribution in [3.05, 3.63) is 34.4 Å². The maximum absolute atomic E-state index is 12.5. The fraction of sp³-hybridized carbons (Fsp3) is 0.500. The van der Waals surface area contributed by atoms with Crippen molar-refractivity contribution in [1.29, 1.82) is 0 Å². The van der Waals surface area contributed by atoms with Crippen molar-refractivity contribution in [2.75, 3.05) is 24.5 Å². The van der Waals surface area contributed by atoms with Gasteiger partial charge in [-0.3, -0.25) is 19.8 Å². The highest BCUT2D eigenvalue weighted by Crippen LogP contribution is 2.29. The number of carbonyl (C=O) groups is 2. The average Bonchev–Trinajstić information content (AvgIpc) is 2.67. The number of anilines is 1. The zero-order chi connectivity index (χ0) is 17.9. The van der Waals surface area contributed by atoms with Crippen LogP contribution in [0.15, 0.2) is 24.3 Å². The van der Waals surface area contributed by atoms with Crippen LogP contribution in [-0.4, -0.2) is 47.1 Å². The molecule has 130 valence electrons. The molecule has 0 N–H and O–H groups in total. The zero-order valence-corrected chi connectivity index (χ0v) is 14.0. The van der Waals surface area contributed by atoms with Crippen molar-refractivity contribution >= 4 is 23.4 Å². The molecule has 0 atom stereocenters. The summed E-state index contributed by atoms with van der Waals surface area (Å²) >= 11 is 0. The molecule has 0 saturated carbocycles. The van der Waals surface area contributed by atoms with Gasteiger partial charge in [0.2, 0.25) is 5.91 Å². The molecule has 0 aliphatic carbocycles. The van der Waals surface area contributed by atoms with Crippen LogP contribution in [0.5, 0.6) is 0 Å². The third-order valence-corrected chi connectivity index (χ3v) is 3.46. The molecule has 1 saturated heterocycles. The normalized spacial score (nSPS) is 15.9. The minimum absolute atomic E-state index is 0.128. The molecule has 0 aromatic heterocycles. The van der Waals surface area contributed by atoms with Gasteiger partial charge in [-0.05, 0) is 33.3 Å². The number of nitro groups is 1. The van der Waals surface area contributed by atoms with E-state index in [0.29, 0.717) is 19.5 Å². The second kappa shape index (κ2) is 6.86. The van der Waals surface area contributed by atoms with E-state index < -0.39 is 16.6 Å². The monoisotopic (exact) mass is 335 g/mol. The number of ether oxygens (including phenoxy) is 1. The first kappa shape index (κ1) is 17.7. The lowest BCUT2D eigenvalue weighted by Gasteiger charge is -2.26. The van der Waals surface area contributed by atoms with E-state index in [1.807, 2.05) is 0 Å². The molecular formula is C16H21N3O5. The molecule has 2 rings (SSSR count). The average molecular weight is 335 g/mol. The van der Waals surface area contributed by atoms with Gasteiger partial charge < -0.3 is 9.64 Å². The Morgan fingerprint density at radius 3 is 2.54 bits per heavy atom. The van der Waals surface area contributed by atoms with E-state index in [1.165, 1.54) is 15.9 Å². The Bertz CT molecular complexity index is 653. The molecule has 8 nitrogen and oxygen atoms in total. The number of hydrogen-bond acceptors (Lipinski definition) is 5. The quantitative estimate of drug-likeness (QED) is 0.612. The van der Waals surface area contributed by atoms with Crippen LogP contribution in [0.3, 0.4) is 0 Å². The molecule has 2 amide bonds. The molecular weight excluding hydrogens is 314 g/mol. The third-order valence-electron chi connectivity index (χ3n) is 3.46. The molecule has 1 heterocycles. The topological polar surface area (TPSA) is 93.0 Å². The van der Waals surface area contributed by atoms with Gasteiger partial charge in [0.15, 0.2) is 0 Å². The molecule has 24 heavy (non-hydrogen) atoms. The molecule has 1 aliphatic rings. The number of nitro benzene ring substituents is 1. The zero-order valence-electron chi connectivity index (χ0n) is 14.0. The van der Waals surface area contributed by atoms with Gasteiger partial charge in [-0.2, -0.15) is 0 Å². The van der Waals surface area contributed by atoms with E-state index in [0.717, 1.165) is 0 Å². The molecule has 1 fully saturated rings. The Hall–Kier alpha value is -2.64. The van der Waals surface area contributed by atoms with Gasteiger partial charge in [-0.15, -0.1) is 0 Å². The van der Waals surface area contributed by atoms with Crippen molar-refractivity contribution in [2.45, 2.75) is 32.8 Å². The first-order chi connectivity index (χ1) is 11.2. The van der Waals surface area contributed by atoms with Gasteiger partial charge >= 0.3 is 6.09 Å². The van der Waals surface area contributed by atoms with Crippen molar-refractivity contribution < 1.29 is 19.2 Å². The first-order valence-electron chi connectivity index (χ1n) is 7.71. The van der Waals surface area contributed by atoms with E-state index in [1.54, 1.807) is 39.0 Å². The molecule has 0 radical (unpaired) electrons. The summed E-state index contributed by atoms with van der Waals surface area (Å²) in [6.45, 7) is 5.76. The minimum atomic E-state index is -0.648. The minimum Gasteiger partial charge on any atom is -0.444 e. The van der Waals surface area contributed by atoms with Gasteiger partial charge in [0.05, 0.1) is 4.92 Å². The molecule has 1 aromatic carbocycles. The first-order valence-corrected chi connectivity index (χ1v) is 7.71. The molecule has 8 heteroatoms. The third kappa shape index (κ3) is 4.21. The van der Waals surface area contributed by atoms with Crippen LogP contribution in [-0.2, 0) is 9.53 Å². The van der Waals surface area contributed by atoms with Crippen molar-refractivity contribution in [2.24, 2.45) is 0 Å². The van der Waals surface area contributed by atoms with Crippen molar-refractivity contribution in [3.8, 4) is 0 Å². The standard InChI is InChI=1S/C16H21N3O5/c1-16(2,3)24-15(21)17-9-6-10-18(14(20)11-17)12-7-4-5-8-13(12)19(22)23/h4-5,7-8H,6,9-11H2,1-3H3. The van der Waals surface area contributed by atoms with Crippen molar-refractivity contribution in [3.63, 3.8) is 0 Å². The van der Waals surface area contributed by atoms with E-state index >= 15 is 0 Å². The van der Waals surface area contributed by atoms with Crippen LogP contribution in [0, 0.1) is 10.1 Å². The molecule has 1 aliphatic heterocycles. The van der Waals surface area contributed by atoms with E-state index in [9.17, 15) is 19.7 Å². The van der Waals surface area contributed by atoms with Gasteiger partial charge in [0.1, 0.15) is 17.8 Å². The number of para-hydroxylation sites is 2. The summed E-state index contributed by atoms with van der Waals surface area (Å²) in [6.07, 6.45) is -0.0444. The van der Waals surface area contributed by atoms with Crippen LogP contribution < -0.4 is 4.90 Å². The highest BCUT2D eigenvalue weighted by molar-refractivity contribution is 5.98. The summed E-state index contributed by atoms with van der Waals surface area (Å²) in [5.41, 5.74) is -0.528. The largest absolute Gasteiger partial charge is 0.444 e. The Morgan fingerprint density at radius 2 is 1.92 bits per heavy atom. The van der Waals surface area contributed by atoms with Crippen LogP contribution in [0.25, 0.3) is 0 Å². The van der Waals surface area contributed by atoms with Gasteiger partial charge in [-0.25, -0.2) is 4.79 Å². The van der Waals surface area contributed by atoms with E-state index in [-0.39, 0.29) is 23.8 Å². The van der Waals surface area contributed by atoms with Crippen LogP contribution in [0.4, 0.5) is 16.2 Å².